The first-order chi connectivity index (χ1) is 6.61. The Morgan fingerprint density at radius 1 is 1.50 bits per heavy atom. The monoisotopic (exact) mass is 213 g/mol. The second kappa shape index (κ2) is 4.76. The lowest BCUT2D eigenvalue weighted by Crippen LogP contribution is -1.97. The Hall–Kier alpha value is -1.36. The zero-order chi connectivity index (χ0) is 10.6. The topological polar surface area (TPSA) is 80.5 Å². The summed E-state index contributed by atoms with van der Waals surface area (Å²) in [6.45, 7) is 4.01. The van der Waals surface area contributed by atoms with Crippen molar-refractivity contribution in [2.45, 2.75) is 19.8 Å². The quantitative estimate of drug-likeness (QED) is 0.744. The van der Waals surface area contributed by atoms with Crippen molar-refractivity contribution in [1.29, 1.82) is 0 Å². The Morgan fingerprint density at radius 3 is 2.86 bits per heavy atom. The molecule has 0 saturated heterocycles. The zero-order valence-electron chi connectivity index (χ0n) is 8.03. The van der Waals surface area contributed by atoms with E-state index in [-0.39, 0.29) is 11.2 Å². The SMILES string of the molecule is CC(C)c1c[nH]ncnc(Cl)nc1N. The molecule has 0 saturated carbocycles. The van der Waals surface area contributed by atoms with Gasteiger partial charge in [-0.2, -0.15) is 5.10 Å². The molecule has 3 N–H and O–H groups in total. The van der Waals surface area contributed by atoms with E-state index in [0.717, 1.165) is 5.56 Å². The molecule has 76 valence electrons. The lowest BCUT2D eigenvalue weighted by Gasteiger charge is -2.03. The number of nitrogens with two attached hydrogens (primary N) is 1. The van der Waals surface area contributed by atoms with Crippen molar-refractivity contribution in [3.05, 3.63) is 23.4 Å². The van der Waals surface area contributed by atoms with Crippen LogP contribution in [0.5, 0.6) is 0 Å². The molecule has 0 aliphatic heterocycles. The van der Waals surface area contributed by atoms with E-state index >= 15 is 0 Å². The maximum atomic E-state index is 5.73. The molecule has 1 aromatic heterocycles. The van der Waals surface area contributed by atoms with Crippen molar-refractivity contribution in [2.75, 3.05) is 5.73 Å². The predicted molar refractivity (Wildman–Crippen MR) is 55.3 cm³/mol. The molecule has 0 atom stereocenters. The van der Waals surface area contributed by atoms with E-state index in [2.05, 4.69) is 20.2 Å². The van der Waals surface area contributed by atoms with Crippen LogP contribution in [0.2, 0.25) is 5.28 Å². The third-order valence-electron chi connectivity index (χ3n) is 1.65. The number of nitrogen functional groups attached to an aromatic ring is 1. The van der Waals surface area contributed by atoms with Crippen molar-refractivity contribution in [1.82, 2.24) is 20.2 Å². The Balaban J connectivity index is 3.40. The lowest BCUT2D eigenvalue weighted by atomic mass is 10.1. The first-order valence-corrected chi connectivity index (χ1v) is 4.54. The molecular formula is C8H12ClN5. The van der Waals surface area contributed by atoms with E-state index in [1.807, 2.05) is 13.8 Å². The van der Waals surface area contributed by atoms with Crippen LogP contribution in [0.1, 0.15) is 25.3 Å². The molecule has 0 spiro atoms. The summed E-state index contributed by atoms with van der Waals surface area (Å²) >= 11 is 5.67. The van der Waals surface area contributed by atoms with E-state index in [1.54, 1.807) is 6.20 Å². The highest BCUT2D eigenvalue weighted by molar-refractivity contribution is 6.28. The van der Waals surface area contributed by atoms with E-state index in [9.17, 15) is 0 Å². The van der Waals surface area contributed by atoms with Crippen LogP contribution in [0.4, 0.5) is 5.82 Å². The molecule has 0 bridgehead atoms. The van der Waals surface area contributed by atoms with Crippen molar-refractivity contribution < 1.29 is 0 Å². The summed E-state index contributed by atoms with van der Waals surface area (Å²) in [5.74, 6) is 0.593. The van der Waals surface area contributed by atoms with Gasteiger partial charge in [-0.3, -0.25) is 5.10 Å². The van der Waals surface area contributed by atoms with Crippen molar-refractivity contribution in [2.24, 2.45) is 0 Å². The molecule has 0 aliphatic rings. The van der Waals surface area contributed by atoms with Gasteiger partial charge in [-0.15, -0.1) is 0 Å². The summed E-state index contributed by atoms with van der Waals surface area (Å²) in [6.07, 6.45) is 2.96. The summed E-state index contributed by atoms with van der Waals surface area (Å²) in [5, 5.41) is 6.52. The summed E-state index contributed by atoms with van der Waals surface area (Å²) < 4.78 is 0. The smallest absolute Gasteiger partial charge is 0.225 e. The van der Waals surface area contributed by atoms with E-state index in [1.165, 1.54) is 6.33 Å². The third kappa shape index (κ3) is 2.85. The fraction of sp³-hybridized carbons (Fsp3) is 0.375. The number of anilines is 1. The summed E-state index contributed by atoms with van der Waals surface area (Å²) in [5.41, 5.74) is 6.57. The Labute approximate surface area is 87.0 Å². The predicted octanol–water partition coefficient (Wildman–Crippen LogP) is 1.68. The zero-order valence-corrected chi connectivity index (χ0v) is 8.78. The van der Waals surface area contributed by atoms with E-state index in [4.69, 9.17) is 17.3 Å². The third-order valence-corrected chi connectivity index (χ3v) is 1.83. The number of aromatic amines is 1. The molecule has 14 heavy (non-hydrogen) atoms. The minimum Gasteiger partial charge on any atom is -0.383 e. The molecule has 0 aromatic carbocycles. The summed E-state index contributed by atoms with van der Waals surface area (Å²) in [6, 6.07) is 0. The molecule has 0 amide bonds. The molecule has 1 heterocycles. The lowest BCUT2D eigenvalue weighted by molar-refractivity contribution is 0.852. The van der Waals surface area contributed by atoms with Gasteiger partial charge in [0.2, 0.25) is 5.28 Å². The molecule has 0 radical (unpaired) electrons. The van der Waals surface area contributed by atoms with Gasteiger partial charge in [-0.05, 0) is 17.5 Å². The van der Waals surface area contributed by atoms with Gasteiger partial charge in [-0.25, -0.2) is 9.97 Å². The average molecular weight is 214 g/mol. The van der Waals surface area contributed by atoms with Gasteiger partial charge in [0.25, 0.3) is 0 Å². The highest BCUT2D eigenvalue weighted by Gasteiger charge is 2.02. The number of rotatable bonds is 1. The fourth-order valence-electron chi connectivity index (χ4n) is 0.946. The number of aromatic nitrogens is 4. The van der Waals surface area contributed by atoms with Gasteiger partial charge in [0, 0.05) is 11.8 Å². The molecule has 0 aliphatic carbocycles. The maximum absolute atomic E-state index is 5.73. The minimum absolute atomic E-state index is 0.0708. The number of hydrogen-bond acceptors (Lipinski definition) is 4. The Bertz CT molecular complexity index is 359. The Morgan fingerprint density at radius 2 is 2.21 bits per heavy atom. The van der Waals surface area contributed by atoms with Crippen molar-refractivity contribution >= 4 is 17.4 Å². The van der Waals surface area contributed by atoms with Gasteiger partial charge in [-0.1, -0.05) is 13.8 Å². The minimum atomic E-state index is 0.0708. The molecular weight excluding hydrogens is 202 g/mol. The molecule has 5 nitrogen and oxygen atoms in total. The van der Waals surface area contributed by atoms with Gasteiger partial charge < -0.3 is 5.73 Å². The number of nitrogens with zero attached hydrogens (tertiary/aromatic N) is 3. The summed E-state index contributed by atoms with van der Waals surface area (Å²) in [4.78, 5) is 7.62. The Kier molecular flexibility index (Phi) is 3.64. The van der Waals surface area contributed by atoms with Crippen molar-refractivity contribution in [3.63, 3.8) is 0 Å². The first kappa shape index (κ1) is 10.7. The van der Waals surface area contributed by atoms with Crippen LogP contribution in [-0.2, 0) is 0 Å². The standard InChI is InChI=1S/C8H12ClN5/c1-5(2)6-3-12-13-4-11-8(9)14-7(6)10/h3-5,12H,1-2H3,(H2,10,11,13,14). The fourth-order valence-corrected chi connectivity index (χ4v) is 1.08. The molecule has 0 unspecified atom stereocenters. The summed E-state index contributed by atoms with van der Waals surface area (Å²) in [7, 11) is 0. The van der Waals surface area contributed by atoms with Crippen molar-refractivity contribution in [3.8, 4) is 0 Å². The average Bonchev–Trinajstić information content (AvgIpc) is 2.15. The number of hydrogen-bond donors (Lipinski definition) is 2. The van der Waals surface area contributed by atoms with Gasteiger partial charge >= 0.3 is 0 Å². The van der Waals surface area contributed by atoms with Gasteiger partial charge in [0.1, 0.15) is 12.1 Å². The second-order valence-corrected chi connectivity index (χ2v) is 3.36. The normalized spacial score (nSPS) is 10.0. The number of H-pyrrole nitrogens is 1. The molecule has 6 heteroatoms. The second-order valence-electron chi connectivity index (χ2n) is 3.02. The van der Waals surface area contributed by atoms with E-state index in [0.29, 0.717) is 5.82 Å². The largest absolute Gasteiger partial charge is 0.383 e. The van der Waals surface area contributed by atoms with Gasteiger partial charge in [0.15, 0.2) is 0 Å². The van der Waals surface area contributed by atoms with Gasteiger partial charge in [0.05, 0.1) is 0 Å². The molecule has 0 fully saturated rings. The van der Waals surface area contributed by atoms with E-state index < -0.39 is 0 Å². The first-order valence-electron chi connectivity index (χ1n) is 4.16. The number of nitrogens with one attached hydrogen (secondary N) is 1. The van der Waals surface area contributed by atoms with Crippen LogP contribution in [0.15, 0.2) is 12.5 Å². The molecule has 1 rings (SSSR count). The highest BCUT2D eigenvalue weighted by atomic mass is 35.5. The van der Waals surface area contributed by atoms with Crippen LogP contribution in [0.3, 0.4) is 0 Å². The molecule has 1 aromatic rings. The maximum Gasteiger partial charge on any atom is 0.225 e. The van der Waals surface area contributed by atoms with Crippen LogP contribution >= 0.6 is 11.6 Å². The van der Waals surface area contributed by atoms with Crippen LogP contribution in [-0.4, -0.2) is 20.2 Å². The highest BCUT2D eigenvalue weighted by Crippen LogP contribution is 2.16. The van der Waals surface area contributed by atoms with Crippen LogP contribution in [0, 0.1) is 0 Å². The number of halogens is 1. The van der Waals surface area contributed by atoms with Crippen LogP contribution in [0.25, 0.3) is 0 Å². The van der Waals surface area contributed by atoms with Crippen LogP contribution < -0.4 is 5.73 Å².